The Labute approximate surface area is 147 Å². The second kappa shape index (κ2) is 8.65. The van der Waals surface area contributed by atoms with Crippen LogP contribution in [-0.4, -0.2) is 35.9 Å². The Morgan fingerprint density at radius 2 is 1.76 bits per heavy atom. The van der Waals surface area contributed by atoms with Crippen LogP contribution in [0.4, 0.5) is 0 Å². The molecule has 1 N–H and O–H groups in total. The van der Waals surface area contributed by atoms with Crippen molar-refractivity contribution in [1.82, 2.24) is 0 Å². The van der Waals surface area contributed by atoms with Gasteiger partial charge in [-0.1, -0.05) is 0 Å². The number of hydrogen-bond acceptors (Lipinski definition) is 6. The Bertz CT molecular complexity index is 664. The molecule has 1 heterocycles. The highest BCUT2D eigenvalue weighted by Gasteiger charge is 2.23. The van der Waals surface area contributed by atoms with Crippen LogP contribution in [-0.2, 0) is 20.7 Å². The summed E-state index contributed by atoms with van der Waals surface area (Å²) in [7, 11) is 1.44. The van der Waals surface area contributed by atoms with E-state index in [2.05, 4.69) is 0 Å². The predicted molar refractivity (Wildman–Crippen MR) is 91.0 cm³/mol. The van der Waals surface area contributed by atoms with Gasteiger partial charge in [-0.3, -0.25) is 9.59 Å². The number of ketones is 2. The molecule has 0 aromatic heterocycles. The van der Waals surface area contributed by atoms with Crippen LogP contribution in [0.3, 0.4) is 0 Å². The van der Waals surface area contributed by atoms with E-state index in [-0.39, 0.29) is 41.8 Å². The molecule has 0 aliphatic carbocycles. The molecular weight excluding hydrogens is 324 g/mol. The molecule has 1 aromatic rings. The second-order valence-corrected chi connectivity index (χ2v) is 6.40. The van der Waals surface area contributed by atoms with Crippen molar-refractivity contribution < 1.29 is 29.0 Å². The van der Waals surface area contributed by atoms with Gasteiger partial charge in [0.05, 0.1) is 13.2 Å². The molecule has 0 saturated carbocycles. The summed E-state index contributed by atoms with van der Waals surface area (Å²) in [5.41, 5.74) is 0.386. The van der Waals surface area contributed by atoms with E-state index in [1.807, 2.05) is 0 Å². The maximum atomic E-state index is 12.5. The molecular formula is C19H24O6. The van der Waals surface area contributed by atoms with Crippen LogP contribution < -0.4 is 4.74 Å². The lowest BCUT2D eigenvalue weighted by atomic mass is 9.97. The summed E-state index contributed by atoms with van der Waals surface area (Å²) in [6.45, 7) is 1.75. The van der Waals surface area contributed by atoms with Crippen LogP contribution in [0.1, 0.15) is 61.4 Å². The van der Waals surface area contributed by atoms with Crippen LogP contribution in [0.5, 0.6) is 11.5 Å². The molecule has 0 fully saturated rings. The first-order chi connectivity index (χ1) is 11.9. The van der Waals surface area contributed by atoms with Gasteiger partial charge in [-0.2, -0.15) is 0 Å². The molecule has 25 heavy (non-hydrogen) atoms. The zero-order valence-corrected chi connectivity index (χ0v) is 14.7. The van der Waals surface area contributed by atoms with Gasteiger partial charge >= 0.3 is 5.97 Å². The number of carbonyl (C=O) groups excluding carboxylic acids is 3. The van der Waals surface area contributed by atoms with Gasteiger partial charge in [0, 0.05) is 31.7 Å². The molecule has 2 rings (SSSR count). The Kier molecular flexibility index (Phi) is 6.56. The van der Waals surface area contributed by atoms with Gasteiger partial charge in [0.2, 0.25) is 0 Å². The van der Waals surface area contributed by atoms with Gasteiger partial charge in [0.1, 0.15) is 28.6 Å². The number of aromatic hydroxyl groups is 1. The normalized spacial score (nSPS) is 20.4. The predicted octanol–water partition coefficient (Wildman–Crippen LogP) is 2.98. The highest BCUT2D eigenvalue weighted by Crippen LogP contribution is 2.30. The monoisotopic (exact) mass is 348 g/mol. The van der Waals surface area contributed by atoms with E-state index in [4.69, 9.17) is 9.47 Å². The van der Waals surface area contributed by atoms with E-state index in [1.165, 1.54) is 13.2 Å². The van der Waals surface area contributed by atoms with Crippen molar-refractivity contribution in [2.45, 2.75) is 58.0 Å². The lowest BCUT2D eigenvalue weighted by molar-refractivity contribution is -0.120. The van der Waals surface area contributed by atoms with Gasteiger partial charge in [-0.05, 0) is 37.8 Å². The Balaban J connectivity index is 2.34. The zero-order valence-electron chi connectivity index (χ0n) is 14.7. The third-order valence-electron chi connectivity index (χ3n) is 4.29. The number of ether oxygens (including phenoxy) is 2. The third kappa shape index (κ3) is 5.31. The first-order valence-electron chi connectivity index (χ1n) is 8.55. The molecule has 1 aromatic carbocycles. The number of methoxy groups -OCH3 is 1. The summed E-state index contributed by atoms with van der Waals surface area (Å²) < 4.78 is 10.5. The number of rotatable bonds is 1. The standard InChI is InChI=1S/C19H24O6/c1-12-5-3-6-14(20)7-4-8-15(21)9-13-10-16(24-2)11-17(22)18(13)19(23)25-12/h10-12,22H,3-9H2,1-2H3/t12-/m0/s1. The Morgan fingerprint density at radius 3 is 2.48 bits per heavy atom. The molecule has 0 bridgehead atoms. The number of benzene rings is 1. The number of esters is 1. The number of fused-ring (bicyclic) bond motifs is 1. The number of phenols is 1. The summed E-state index contributed by atoms with van der Waals surface area (Å²) in [5.74, 6) is -0.538. The van der Waals surface area contributed by atoms with Crippen LogP contribution in [0.15, 0.2) is 12.1 Å². The number of hydrogen-bond donors (Lipinski definition) is 1. The Hall–Kier alpha value is -2.37. The zero-order chi connectivity index (χ0) is 18.4. The minimum atomic E-state index is -0.668. The molecule has 136 valence electrons. The number of cyclic esters (lactones) is 1. The van der Waals surface area contributed by atoms with Gasteiger partial charge in [-0.25, -0.2) is 4.79 Å². The summed E-state index contributed by atoms with van der Waals surface area (Å²) in [6, 6.07) is 2.90. The van der Waals surface area contributed by atoms with E-state index in [0.29, 0.717) is 43.4 Å². The topological polar surface area (TPSA) is 89.9 Å². The number of Topliss-reactive ketones (excluding diaryl/α,β-unsaturated/α-hetero) is 2. The fourth-order valence-corrected chi connectivity index (χ4v) is 2.95. The first-order valence-corrected chi connectivity index (χ1v) is 8.55. The largest absolute Gasteiger partial charge is 0.507 e. The maximum absolute atomic E-state index is 12.5. The molecule has 0 amide bonds. The van der Waals surface area contributed by atoms with Crippen molar-refractivity contribution in [1.29, 1.82) is 0 Å². The summed E-state index contributed by atoms with van der Waals surface area (Å²) >= 11 is 0. The maximum Gasteiger partial charge on any atom is 0.342 e. The van der Waals surface area contributed by atoms with Crippen molar-refractivity contribution in [2.75, 3.05) is 7.11 Å². The molecule has 0 spiro atoms. The van der Waals surface area contributed by atoms with E-state index in [9.17, 15) is 19.5 Å². The number of carbonyl (C=O) groups is 3. The van der Waals surface area contributed by atoms with Gasteiger partial charge in [0.25, 0.3) is 0 Å². The molecule has 0 saturated heterocycles. The highest BCUT2D eigenvalue weighted by atomic mass is 16.5. The Morgan fingerprint density at radius 1 is 1.08 bits per heavy atom. The molecule has 1 atom stereocenters. The van der Waals surface area contributed by atoms with Gasteiger partial charge < -0.3 is 14.6 Å². The smallest absolute Gasteiger partial charge is 0.342 e. The molecule has 1 aliphatic rings. The van der Waals surface area contributed by atoms with E-state index in [0.717, 1.165) is 0 Å². The van der Waals surface area contributed by atoms with Crippen molar-refractivity contribution in [3.63, 3.8) is 0 Å². The SMILES string of the molecule is COc1cc(O)c2c(c1)CC(=O)CCCC(=O)CCC[C@H](C)OC2=O. The molecule has 0 unspecified atom stereocenters. The minimum Gasteiger partial charge on any atom is -0.507 e. The fourth-order valence-electron chi connectivity index (χ4n) is 2.95. The summed E-state index contributed by atoms with van der Waals surface area (Å²) in [5, 5.41) is 10.2. The van der Waals surface area contributed by atoms with E-state index in [1.54, 1.807) is 13.0 Å². The molecule has 1 aliphatic heterocycles. The lowest BCUT2D eigenvalue weighted by Gasteiger charge is -2.17. The van der Waals surface area contributed by atoms with Crippen LogP contribution >= 0.6 is 0 Å². The summed E-state index contributed by atoms with van der Waals surface area (Å²) in [4.78, 5) is 36.5. The quantitative estimate of drug-likeness (QED) is 0.785. The molecule has 6 nitrogen and oxygen atoms in total. The third-order valence-corrected chi connectivity index (χ3v) is 4.29. The lowest BCUT2D eigenvalue weighted by Crippen LogP contribution is -2.18. The average molecular weight is 348 g/mol. The average Bonchev–Trinajstić information content (AvgIpc) is 2.53. The van der Waals surface area contributed by atoms with Crippen molar-refractivity contribution in [2.24, 2.45) is 0 Å². The van der Waals surface area contributed by atoms with Crippen LogP contribution in [0.25, 0.3) is 0 Å². The first kappa shape index (κ1) is 19.0. The number of phenolic OH excluding ortho intramolecular Hbond substituents is 1. The van der Waals surface area contributed by atoms with Crippen molar-refractivity contribution in [3.8, 4) is 11.5 Å². The van der Waals surface area contributed by atoms with Crippen LogP contribution in [0.2, 0.25) is 0 Å². The molecule has 6 heteroatoms. The fraction of sp³-hybridized carbons (Fsp3) is 0.526. The van der Waals surface area contributed by atoms with E-state index >= 15 is 0 Å². The van der Waals surface area contributed by atoms with Gasteiger partial charge in [-0.15, -0.1) is 0 Å². The van der Waals surface area contributed by atoms with E-state index < -0.39 is 5.97 Å². The van der Waals surface area contributed by atoms with Gasteiger partial charge in [0.15, 0.2) is 0 Å². The summed E-state index contributed by atoms with van der Waals surface area (Å²) in [6.07, 6.45) is 2.37. The second-order valence-electron chi connectivity index (χ2n) is 6.40. The highest BCUT2D eigenvalue weighted by molar-refractivity contribution is 5.96. The molecule has 0 radical (unpaired) electrons. The van der Waals surface area contributed by atoms with Crippen LogP contribution in [0, 0.1) is 0 Å². The van der Waals surface area contributed by atoms with Crippen molar-refractivity contribution in [3.05, 3.63) is 23.3 Å². The minimum absolute atomic E-state index is 0.00846. The van der Waals surface area contributed by atoms with Crippen molar-refractivity contribution >= 4 is 17.5 Å².